The summed E-state index contributed by atoms with van der Waals surface area (Å²) in [5.41, 5.74) is 0. The van der Waals surface area contributed by atoms with Crippen LogP contribution < -0.4 is 5.32 Å². The van der Waals surface area contributed by atoms with E-state index >= 15 is 0 Å². The Morgan fingerprint density at radius 3 is 2.39 bits per heavy atom. The second-order valence-corrected chi connectivity index (χ2v) is 7.24. The number of carbonyl (C=O) groups is 1. The molecule has 0 aromatic carbocycles. The van der Waals surface area contributed by atoms with Gasteiger partial charge in [0.2, 0.25) is 5.91 Å². The fraction of sp³-hybridized carbons (Fsp3) is 0.895. The van der Waals surface area contributed by atoms with Gasteiger partial charge >= 0.3 is 0 Å². The number of rotatable bonds is 10. The molecular formula is C19H40IN5O3. The number of nitrogens with one attached hydrogen (secondary N) is 1. The van der Waals surface area contributed by atoms with Gasteiger partial charge in [-0.15, -0.1) is 24.0 Å². The van der Waals surface area contributed by atoms with Gasteiger partial charge < -0.3 is 24.6 Å². The standard InChI is InChI=1S/C19H39N5O3.HI/c1-7-27-11-8-9-20-19(21-13-18(25)22(4)5)23-14-16(2)24(10-12-26-6)17(3)15-23;/h16-17H,7-15H2,1-6H3,(H,20,21);1H. The number of hydrogen-bond donors (Lipinski definition) is 1. The zero-order valence-corrected chi connectivity index (χ0v) is 20.8. The van der Waals surface area contributed by atoms with Crippen LogP contribution in [0, 0.1) is 0 Å². The molecule has 1 fully saturated rings. The van der Waals surface area contributed by atoms with Crippen LogP contribution >= 0.6 is 24.0 Å². The lowest BCUT2D eigenvalue weighted by Crippen LogP contribution is -2.60. The number of carbonyl (C=O) groups excluding carboxylic acids is 1. The van der Waals surface area contributed by atoms with Gasteiger partial charge in [0.15, 0.2) is 5.96 Å². The van der Waals surface area contributed by atoms with Crippen molar-refractivity contribution in [1.82, 2.24) is 20.0 Å². The second-order valence-electron chi connectivity index (χ2n) is 7.24. The van der Waals surface area contributed by atoms with Crippen LogP contribution in [-0.4, -0.2) is 112 Å². The highest BCUT2D eigenvalue weighted by Gasteiger charge is 2.30. The van der Waals surface area contributed by atoms with Crippen LogP contribution in [0.25, 0.3) is 0 Å². The van der Waals surface area contributed by atoms with E-state index in [2.05, 4.69) is 34.0 Å². The van der Waals surface area contributed by atoms with E-state index in [4.69, 9.17) is 9.47 Å². The number of ether oxygens (including phenoxy) is 2. The van der Waals surface area contributed by atoms with Crippen molar-refractivity contribution in [3.05, 3.63) is 0 Å². The minimum absolute atomic E-state index is 0. The predicted octanol–water partition coefficient (Wildman–Crippen LogP) is 1.11. The highest BCUT2D eigenvalue weighted by molar-refractivity contribution is 14.0. The maximum absolute atomic E-state index is 12.0. The molecule has 1 saturated heterocycles. The summed E-state index contributed by atoms with van der Waals surface area (Å²) in [6, 6.07) is 0.785. The first kappa shape index (κ1) is 27.4. The molecule has 28 heavy (non-hydrogen) atoms. The van der Waals surface area contributed by atoms with E-state index < -0.39 is 0 Å². The van der Waals surface area contributed by atoms with Crippen molar-refractivity contribution in [1.29, 1.82) is 0 Å². The van der Waals surface area contributed by atoms with Crippen molar-refractivity contribution in [2.45, 2.75) is 39.3 Å². The number of amides is 1. The van der Waals surface area contributed by atoms with Gasteiger partial charge in [-0.1, -0.05) is 0 Å². The van der Waals surface area contributed by atoms with Crippen LogP contribution in [0.3, 0.4) is 0 Å². The summed E-state index contributed by atoms with van der Waals surface area (Å²) in [6.07, 6.45) is 0.910. The monoisotopic (exact) mass is 513 g/mol. The molecule has 166 valence electrons. The molecule has 1 aliphatic rings. The highest BCUT2D eigenvalue weighted by atomic mass is 127. The minimum Gasteiger partial charge on any atom is -0.383 e. The quantitative estimate of drug-likeness (QED) is 0.204. The lowest BCUT2D eigenvalue weighted by atomic mass is 10.1. The lowest BCUT2D eigenvalue weighted by molar-refractivity contribution is -0.127. The smallest absolute Gasteiger partial charge is 0.243 e. The average Bonchev–Trinajstić information content (AvgIpc) is 2.62. The Kier molecular flexibility index (Phi) is 14.9. The number of halogens is 1. The Balaban J connectivity index is 0.00000729. The topological polar surface area (TPSA) is 69.6 Å². The molecule has 0 spiro atoms. The number of nitrogens with zero attached hydrogens (tertiary/aromatic N) is 4. The minimum atomic E-state index is 0. The molecule has 1 rings (SSSR count). The Morgan fingerprint density at radius 1 is 1.21 bits per heavy atom. The van der Waals surface area contributed by atoms with Crippen molar-refractivity contribution >= 4 is 35.8 Å². The molecule has 0 saturated carbocycles. The lowest BCUT2D eigenvalue weighted by Gasteiger charge is -2.45. The summed E-state index contributed by atoms with van der Waals surface area (Å²) in [5, 5.41) is 3.42. The molecule has 0 aromatic heterocycles. The van der Waals surface area contributed by atoms with Crippen LogP contribution in [0.5, 0.6) is 0 Å². The molecule has 1 aliphatic heterocycles. The average molecular weight is 513 g/mol. The molecule has 8 nitrogen and oxygen atoms in total. The number of methoxy groups -OCH3 is 1. The first-order valence-corrected chi connectivity index (χ1v) is 9.96. The van der Waals surface area contributed by atoms with Gasteiger partial charge in [-0.25, -0.2) is 4.99 Å². The fourth-order valence-corrected chi connectivity index (χ4v) is 3.24. The Morgan fingerprint density at radius 2 is 1.86 bits per heavy atom. The summed E-state index contributed by atoms with van der Waals surface area (Å²) >= 11 is 0. The predicted molar refractivity (Wildman–Crippen MR) is 125 cm³/mol. The largest absolute Gasteiger partial charge is 0.383 e. The molecule has 0 bridgehead atoms. The summed E-state index contributed by atoms with van der Waals surface area (Å²) in [5.74, 6) is 0.815. The summed E-state index contributed by atoms with van der Waals surface area (Å²) in [4.78, 5) is 22.9. The third-order valence-corrected chi connectivity index (χ3v) is 4.77. The van der Waals surface area contributed by atoms with Crippen LogP contribution in [0.4, 0.5) is 0 Å². The van der Waals surface area contributed by atoms with Crippen molar-refractivity contribution < 1.29 is 14.3 Å². The number of likely N-dealkylation sites (N-methyl/N-ethyl adjacent to an activating group) is 1. The molecule has 9 heteroatoms. The van der Waals surface area contributed by atoms with Gasteiger partial charge in [0.25, 0.3) is 0 Å². The highest BCUT2D eigenvalue weighted by Crippen LogP contribution is 2.15. The van der Waals surface area contributed by atoms with Crippen molar-refractivity contribution in [3.63, 3.8) is 0 Å². The van der Waals surface area contributed by atoms with Gasteiger partial charge in [-0.2, -0.15) is 0 Å². The summed E-state index contributed by atoms with van der Waals surface area (Å²) in [6.45, 7) is 12.3. The molecule has 0 aliphatic carbocycles. The summed E-state index contributed by atoms with van der Waals surface area (Å²) < 4.78 is 10.6. The van der Waals surface area contributed by atoms with E-state index in [-0.39, 0.29) is 36.4 Å². The first-order chi connectivity index (χ1) is 12.9. The van der Waals surface area contributed by atoms with Crippen molar-refractivity contribution in [2.75, 3.05) is 73.7 Å². The Labute approximate surface area is 188 Å². The van der Waals surface area contributed by atoms with Gasteiger partial charge in [-0.05, 0) is 27.2 Å². The number of aliphatic imine (C=N–C) groups is 1. The zero-order chi connectivity index (χ0) is 20.2. The molecule has 1 N–H and O–H groups in total. The van der Waals surface area contributed by atoms with Gasteiger partial charge in [-0.3, -0.25) is 9.69 Å². The number of piperazine rings is 1. The normalized spacial score (nSPS) is 20.6. The first-order valence-electron chi connectivity index (χ1n) is 9.96. The maximum atomic E-state index is 12.0. The Hall–Kier alpha value is -0.650. The van der Waals surface area contributed by atoms with Gasteiger partial charge in [0, 0.05) is 72.7 Å². The number of guanidine groups is 1. The van der Waals surface area contributed by atoms with Crippen molar-refractivity contribution in [3.8, 4) is 0 Å². The summed E-state index contributed by atoms with van der Waals surface area (Å²) in [7, 11) is 5.25. The third kappa shape index (κ3) is 9.71. The molecular weight excluding hydrogens is 473 g/mol. The van der Waals surface area contributed by atoms with E-state index in [1.54, 1.807) is 26.1 Å². The molecule has 2 atom stereocenters. The SMILES string of the molecule is CCOCCCNC(=NCC(=O)N(C)C)N1CC(C)N(CCOC)C(C)C1.I. The Bertz CT molecular complexity index is 453. The zero-order valence-electron chi connectivity index (χ0n) is 18.4. The van der Waals surface area contributed by atoms with Gasteiger partial charge in [0.05, 0.1) is 6.61 Å². The second kappa shape index (κ2) is 15.2. The molecule has 1 heterocycles. The van der Waals surface area contributed by atoms with Crippen LogP contribution in [0.2, 0.25) is 0 Å². The van der Waals surface area contributed by atoms with Crippen LogP contribution in [0.15, 0.2) is 4.99 Å². The van der Waals surface area contributed by atoms with Gasteiger partial charge in [0.1, 0.15) is 6.54 Å². The molecule has 0 aromatic rings. The number of hydrogen-bond acceptors (Lipinski definition) is 5. The van der Waals surface area contributed by atoms with E-state index in [9.17, 15) is 4.79 Å². The van der Waals surface area contributed by atoms with E-state index in [0.717, 1.165) is 58.4 Å². The molecule has 2 unspecified atom stereocenters. The van der Waals surface area contributed by atoms with E-state index in [1.165, 1.54) is 0 Å². The van der Waals surface area contributed by atoms with Crippen molar-refractivity contribution in [2.24, 2.45) is 4.99 Å². The molecule has 0 radical (unpaired) electrons. The van der Waals surface area contributed by atoms with E-state index in [1.807, 2.05) is 6.92 Å². The van der Waals surface area contributed by atoms with Crippen LogP contribution in [0.1, 0.15) is 27.2 Å². The maximum Gasteiger partial charge on any atom is 0.243 e. The van der Waals surface area contributed by atoms with Crippen LogP contribution in [-0.2, 0) is 14.3 Å². The third-order valence-electron chi connectivity index (χ3n) is 4.77. The molecule has 1 amide bonds. The van der Waals surface area contributed by atoms with E-state index in [0.29, 0.717) is 12.1 Å². The fourth-order valence-electron chi connectivity index (χ4n) is 3.24.